The molecule has 1 aromatic heterocycles. The molecule has 0 bridgehead atoms. The van der Waals surface area contributed by atoms with Crippen LogP contribution in [0, 0.1) is 0 Å². The molecular weight excluding hydrogens is 312 g/mol. The van der Waals surface area contributed by atoms with Gasteiger partial charge in [0, 0.05) is 24.0 Å². The van der Waals surface area contributed by atoms with Crippen LogP contribution in [0.25, 0.3) is 0 Å². The molecule has 1 aliphatic heterocycles. The van der Waals surface area contributed by atoms with Gasteiger partial charge >= 0.3 is 0 Å². The number of aromatic nitrogens is 1. The van der Waals surface area contributed by atoms with Crippen molar-refractivity contribution in [1.29, 1.82) is 0 Å². The van der Waals surface area contributed by atoms with Crippen molar-refractivity contribution in [1.82, 2.24) is 9.88 Å². The lowest BCUT2D eigenvalue weighted by atomic mass is 10.1. The SMILES string of the molecule is O=C(COCc1ccccc1Cl)N1CCCC1c1ccncc1. The molecule has 1 unspecified atom stereocenters. The molecule has 0 spiro atoms. The third kappa shape index (κ3) is 3.89. The van der Waals surface area contributed by atoms with Gasteiger partial charge in [0.05, 0.1) is 12.6 Å². The van der Waals surface area contributed by atoms with Crippen LogP contribution in [0.2, 0.25) is 5.02 Å². The summed E-state index contributed by atoms with van der Waals surface area (Å²) in [5.41, 5.74) is 2.03. The van der Waals surface area contributed by atoms with Gasteiger partial charge in [-0.25, -0.2) is 0 Å². The first-order chi connectivity index (χ1) is 11.3. The summed E-state index contributed by atoms with van der Waals surface area (Å²) in [4.78, 5) is 18.4. The molecule has 0 radical (unpaired) electrons. The molecule has 1 atom stereocenters. The minimum atomic E-state index is 0.0244. The Balaban J connectivity index is 1.56. The fourth-order valence-corrected chi connectivity index (χ4v) is 3.13. The fraction of sp³-hybridized carbons (Fsp3) is 0.333. The number of likely N-dealkylation sites (tertiary alicyclic amines) is 1. The third-order valence-corrected chi connectivity index (χ3v) is 4.47. The number of nitrogens with zero attached hydrogens (tertiary/aromatic N) is 2. The minimum absolute atomic E-state index is 0.0244. The number of rotatable bonds is 5. The molecule has 0 aliphatic carbocycles. The van der Waals surface area contributed by atoms with Crippen molar-refractivity contribution in [3.05, 3.63) is 64.9 Å². The van der Waals surface area contributed by atoms with Crippen molar-refractivity contribution in [2.45, 2.75) is 25.5 Å². The number of halogens is 1. The van der Waals surface area contributed by atoms with Gasteiger partial charge in [-0.05, 0) is 42.2 Å². The summed E-state index contributed by atoms with van der Waals surface area (Å²) in [5.74, 6) is 0.0244. The van der Waals surface area contributed by atoms with E-state index in [0.29, 0.717) is 11.6 Å². The molecule has 1 aromatic carbocycles. The van der Waals surface area contributed by atoms with E-state index in [1.807, 2.05) is 41.3 Å². The first kappa shape index (κ1) is 16.0. The first-order valence-electron chi connectivity index (χ1n) is 7.76. The lowest BCUT2D eigenvalue weighted by Crippen LogP contribution is -2.33. The number of carbonyl (C=O) groups is 1. The summed E-state index contributed by atoms with van der Waals surface area (Å²) in [6.07, 6.45) is 5.54. The van der Waals surface area contributed by atoms with Gasteiger partial charge in [-0.1, -0.05) is 29.8 Å². The lowest BCUT2D eigenvalue weighted by molar-refractivity contribution is -0.137. The number of carbonyl (C=O) groups excluding carboxylic acids is 1. The van der Waals surface area contributed by atoms with E-state index in [4.69, 9.17) is 16.3 Å². The van der Waals surface area contributed by atoms with E-state index in [1.165, 1.54) is 0 Å². The largest absolute Gasteiger partial charge is 0.367 e. The molecule has 1 fully saturated rings. The van der Waals surface area contributed by atoms with Crippen molar-refractivity contribution in [3.8, 4) is 0 Å². The molecule has 120 valence electrons. The number of hydrogen-bond acceptors (Lipinski definition) is 3. The highest BCUT2D eigenvalue weighted by atomic mass is 35.5. The highest BCUT2D eigenvalue weighted by Gasteiger charge is 2.29. The predicted octanol–water partition coefficient (Wildman–Crippen LogP) is 3.62. The second kappa shape index (κ2) is 7.57. The van der Waals surface area contributed by atoms with Gasteiger partial charge < -0.3 is 9.64 Å². The number of ether oxygens (including phenoxy) is 1. The summed E-state index contributed by atoms with van der Waals surface area (Å²) in [6.45, 7) is 1.20. The van der Waals surface area contributed by atoms with E-state index in [-0.39, 0.29) is 18.6 Å². The first-order valence-corrected chi connectivity index (χ1v) is 8.14. The normalized spacial score (nSPS) is 17.4. The number of hydrogen-bond donors (Lipinski definition) is 0. The number of pyridine rings is 1. The Morgan fingerprint density at radius 3 is 2.83 bits per heavy atom. The fourth-order valence-electron chi connectivity index (χ4n) is 2.94. The van der Waals surface area contributed by atoms with Crippen LogP contribution in [0.3, 0.4) is 0 Å². The smallest absolute Gasteiger partial charge is 0.249 e. The molecule has 1 amide bonds. The van der Waals surface area contributed by atoms with Gasteiger partial charge in [-0.15, -0.1) is 0 Å². The van der Waals surface area contributed by atoms with Crippen LogP contribution in [0.15, 0.2) is 48.8 Å². The summed E-state index contributed by atoms with van der Waals surface area (Å²) in [6, 6.07) is 11.6. The standard InChI is InChI=1S/C18H19ClN2O2/c19-16-5-2-1-4-15(16)12-23-13-18(22)21-11-3-6-17(21)14-7-9-20-10-8-14/h1-2,4-5,7-10,17H,3,6,11-13H2. The van der Waals surface area contributed by atoms with Crippen LogP contribution in [0.5, 0.6) is 0 Å². The predicted molar refractivity (Wildman–Crippen MR) is 89.0 cm³/mol. The molecule has 5 heteroatoms. The summed E-state index contributed by atoms with van der Waals surface area (Å²) < 4.78 is 5.57. The van der Waals surface area contributed by atoms with Crippen molar-refractivity contribution in [2.75, 3.05) is 13.2 Å². The van der Waals surface area contributed by atoms with Crippen molar-refractivity contribution >= 4 is 17.5 Å². The van der Waals surface area contributed by atoms with E-state index in [9.17, 15) is 4.79 Å². The Kier molecular flexibility index (Phi) is 5.26. The Bertz CT molecular complexity index is 663. The second-order valence-corrected chi connectivity index (χ2v) is 6.02. The zero-order valence-electron chi connectivity index (χ0n) is 12.8. The van der Waals surface area contributed by atoms with Gasteiger partial charge in [-0.3, -0.25) is 9.78 Å². The van der Waals surface area contributed by atoms with Crippen LogP contribution in [-0.4, -0.2) is 28.9 Å². The summed E-state index contributed by atoms with van der Waals surface area (Å²) in [7, 11) is 0. The minimum Gasteiger partial charge on any atom is -0.367 e. The van der Waals surface area contributed by atoms with E-state index in [1.54, 1.807) is 12.4 Å². The molecule has 4 nitrogen and oxygen atoms in total. The number of benzene rings is 1. The molecule has 3 rings (SSSR count). The van der Waals surface area contributed by atoms with Crippen LogP contribution < -0.4 is 0 Å². The van der Waals surface area contributed by atoms with Crippen LogP contribution in [-0.2, 0) is 16.1 Å². The summed E-state index contributed by atoms with van der Waals surface area (Å²) >= 11 is 6.09. The molecule has 0 saturated carbocycles. The molecule has 23 heavy (non-hydrogen) atoms. The molecule has 1 saturated heterocycles. The van der Waals surface area contributed by atoms with Gasteiger partial charge in [0.1, 0.15) is 6.61 Å². The van der Waals surface area contributed by atoms with Gasteiger partial charge in [0.25, 0.3) is 0 Å². The Morgan fingerprint density at radius 1 is 1.26 bits per heavy atom. The highest BCUT2D eigenvalue weighted by molar-refractivity contribution is 6.31. The topological polar surface area (TPSA) is 42.4 Å². The van der Waals surface area contributed by atoms with Gasteiger partial charge in [0.15, 0.2) is 0 Å². The monoisotopic (exact) mass is 330 g/mol. The second-order valence-electron chi connectivity index (χ2n) is 5.61. The molecular formula is C18H19ClN2O2. The zero-order chi connectivity index (χ0) is 16.1. The number of amides is 1. The summed E-state index contributed by atoms with van der Waals surface area (Å²) in [5, 5.41) is 0.663. The van der Waals surface area contributed by atoms with Gasteiger partial charge in [-0.2, -0.15) is 0 Å². The van der Waals surface area contributed by atoms with E-state index in [0.717, 1.165) is 30.5 Å². The highest BCUT2D eigenvalue weighted by Crippen LogP contribution is 2.31. The zero-order valence-corrected chi connectivity index (χ0v) is 13.6. The maximum Gasteiger partial charge on any atom is 0.249 e. The van der Waals surface area contributed by atoms with E-state index >= 15 is 0 Å². The Hall–Kier alpha value is -1.91. The molecule has 2 aromatic rings. The van der Waals surface area contributed by atoms with Crippen molar-refractivity contribution in [3.63, 3.8) is 0 Å². The molecule has 2 heterocycles. The average molecular weight is 331 g/mol. The Morgan fingerprint density at radius 2 is 2.04 bits per heavy atom. The van der Waals surface area contributed by atoms with Crippen LogP contribution in [0.4, 0.5) is 0 Å². The maximum absolute atomic E-state index is 12.5. The average Bonchev–Trinajstić information content (AvgIpc) is 3.07. The van der Waals surface area contributed by atoms with E-state index < -0.39 is 0 Å². The quantitative estimate of drug-likeness (QED) is 0.841. The van der Waals surface area contributed by atoms with Crippen LogP contribution >= 0.6 is 11.6 Å². The maximum atomic E-state index is 12.5. The third-order valence-electron chi connectivity index (χ3n) is 4.10. The Labute approximate surface area is 141 Å². The van der Waals surface area contributed by atoms with Crippen LogP contribution in [0.1, 0.15) is 30.0 Å². The molecule has 0 N–H and O–H groups in total. The molecule has 1 aliphatic rings. The van der Waals surface area contributed by atoms with Crippen molar-refractivity contribution in [2.24, 2.45) is 0 Å². The van der Waals surface area contributed by atoms with E-state index in [2.05, 4.69) is 4.98 Å². The lowest BCUT2D eigenvalue weighted by Gasteiger charge is -2.25. The van der Waals surface area contributed by atoms with Gasteiger partial charge in [0.2, 0.25) is 5.91 Å². The van der Waals surface area contributed by atoms with Crippen molar-refractivity contribution < 1.29 is 9.53 Å².